The summed E-state index contributed by atoms with van der Waals surface area (Å²) in [7, 11) is 0. The van der Waals surface area contributed by atoms with Crippen LogP contribution in [0.4, 0.5) is 0 Å². The van der Waals surface area contributed by atoms with E-state index in [-0.39, 0.29) is 5.41 Å². The first-order valence-corrected chi connectivity index (χ1v) is 7.99. The van der Waals surface area contributed by atoms with Crippen LogP contribution in [0.1, 0.15) is 39.2 Å². The van der Waals surface area contributed by atoms with Crippen LogP contribution >= 0.6 is 0 Å². The third kappa shape index (κ3) is 2.87. The van der Waals surface area contributed by atoms with Crippen molar-refractivity contribution in [3.05, 3.63) is 35.9 Å². The summed E-state index contributed by atoms with van der Waals surface area (Å²) in [5.74, 6) is 0. The second kappa shape index (κ2) is 5.38. The van der Waals surface area contributed by atoms with Gasteiger partial charge in [-0.25, -0.2) is 0 Å². The first-order chi connectivity index (χ1) is 9.89. The van der Waals surface area contributed by atoms with Crippen molar-refractivity contribution in [3.63, 3.8) is 0 Å². The molecule has 2 aliphatic heterocycles. The van der Waals surface area contributed by atoms with Crippen LogP contribution in [0.5, 0.6) is 0 Å². The van der Waals surface area contributed by atoms with Crippen LogP contribution in [-0.2, 0) is 11.3 Å². The lowest BCUT2D eigenvalue weighted by Crippen LogP contribution is -2.64. The highest BCUT2D eigenvalue weighted by Crippen LogP contribution is 2.44. The summed E-state index contributed by atoms with van der Waals surface area (Å²) in [5, 5.41) is 11.1. The molecule has 3 nitrogen and oxygen atoms in total. The first-order valence-electron chi connectivity index (χ1n) is 7.99. The molecule has 0 amide bonds. The van der Waals surface area contributed by atoms with Crippen LogP contribution in [0.25, 0.3) is 0 Å². The Bertz CT molecular complexity index is 466. The van der Waals surface area contributed by atoms with Gasteiger partial charge in [0.2, 0.25) is 0 Å². The van der Waals surface area contributed by atoms with E-state index in [4.69, 9.17) is 4.74 Å². The summed E-state index contributed by atoms with van der Waals surface area (Å²) in [5.41, 5.74) is 0.675. The minimum absolute atomic E-state index is 0.0837. The third-order valence-electron chi connectivity index (χ3n) is 5.31. The average Bonchev–Trinajstić information content (AvgIpc) is 2.40. The molecule has 2 heterocycles. The molecule has 2 aliphatic rings. The van der Waals surface area contributed by atoms with Crippen molar-refractivity contribution in [2.45, 2.75) is 57.8 Å². The van der Waals surface area contributed by atoms with E-state index in [2.05, 4.69) is 56.0 Å². The predicted octanol–water partition coefficient (Wildman–Crippen LogP) is 2.83. The minimum atomic E-state index is -0.584. The molecule has 1 aromatic rings. The highest BCUT2D eigenvalue weighted by Gasteiger charge is 2.51. The number of ether oxygens (including phenoxy) is 1. The number of rotatable bonds is 2. The van der Waals surface area contributed by atoms with Crippen molar-refractivity contribution in [2.75, 3.05) is 13.2 Å². The van der Waals surface area contributed by atoms with E-state index in [0.717, 1.165) is 32.6 Å². The second-order valence-corrected chi connectivity index (χ2v) is 7.69. The monoisotopic (exact) mass is 289 g/mol. The Hall–Kier alpha value is -0.900. The van der Waals surface area contributed by atoms with Crippen LogP contribution in [0.15, 0.2) is 30.3 Å². The van der Waals surface area contributed by atoms with Crippen LogP contribution in [-0.4, -0.2) is 40.9 Å². The van der Waals surface area contributed by atoms with Gasteiger partial charge in [-0.3, -0.25) is 4.90 Å². The SMILES string of the molecule is CC(C)(C)C1(O)CC2COCC(C1)N2Cc1ccccc1. The molecule has 2 fully saturated rings. The van der Waals surface area contributed by atoms with Gasteiger partial charge in [-0.1, -0.05) is 51.1 Å². The quantitative estimate of drug-likeness (QED) is 0.909. The molecule has 0 radical (unpaired) electrons. The van der Waals surface area contributed by atoms with Crippen molar-refractivity contribution in [2.24, 2.45) is 5.41 Å². The summed E-state index contributed by atoms with van der Waals surface area (Å²) >= 11 is 0. The topological polar surface area (TPSA) is 32.7 Å². The number of hydrogen-bond donors (Lipinski definition) is 1. The number of piperidine rings is 1. The Kier molecular flexibility index (Phi) is 3.85. The molecule has 2 saturated heterocycles. The normalized spacial score (nSPS) is 33.9. The Labute approximate surface area is 127 Å². The van der Waals surface area contributed by atoms with E-state index in [1.165, 1.54) is 5.56 Å². The Morgan fingerprint density at radius 2 is 1.71 bits per heavy atom. The van der Waals surface area contributed by atoms with Crippen molar-refractivity contribution in [1.82, 2.24) is 4.90 Å². The van der Waals surface area contributed by atoms with Crippen LogP contribution in [0, 0.1) is 5.41 Å². The molecule has 0 aliphatic carbocycles. The van der Waals surface area contributed by atoms with Gasteiger partial charge in [-0.05, 0) is 23.8 Å². The van der Waals surface area contributed by atoms with Gasteiger partial charge in [0.1, 0.15) is 0 Å². The molecule has 2 unspecified atom stereocenters. The van der Waals surface area contributed by atoms with Gasteiger partial charge in [-0.15, -0.1) is 0 Å². The van der Waals surface area contributed by atoms with Crippen molar-refractivity contribution < 1.29 is 9.84 Å². The largest absolute Gasteiger partial charge is 0.389 e. The summed E-state index contributed by atoms with van der Waals surface area (Å²) < 4.78 is 5.76. The predicted molar refractivity (Wildman–Crippen MR) is 84.0 cm³/mol. The molecule has 2 atom stereocenters. The maximum absolute atomic E-state index is 11.1. The number of aliphatic hydroxyl groups is 1. The summed E-state index contributed by atoms with van der Waals surface area (Å²) in [6.07, 6.45) is 1.61. The molecule has 0 aromatic heterocycles. The summed E-state index contributed by atoms with van der Waals surface area (Å²) in [6.45, 7) is 8.88. The van der Waals surface area contributed by atoms with Gasteiger partial charge >= 0.3 is 0 Å². The van der Waals surface area contributed by atoms with Gasteiger partial charge in [0.05, 0.1) is 18.8 Å². The highest BCUT2D eigenvalue weighted by atomic mass is 16.5. The lowest BCUT2D eigenvalue weighted by Gasteiger charge is -2.55. The molecule has 3 rings (SSSR count). The smallest absolute Gasteiger partial charge is 0.0727 e. The second-order valence-electron chi connectivity index (χ2n) is 7.69. The number of hydrogen-bond acceptors (Lipinski definition) is 3. The van der Waals surface area contributed by atoms with E-state index < -0.39 is 5.60 Å². The number of fused-ring (bicyclic) bond motifs is 2. The molecular formula is C18H27NO2. The molecule has 1 aromatic carbocycles. The Morgan fingerprint density at radius 3 is 2.24 bits per heavy atom. The number of morpholine rings is 1. The fraction of sp³-hybridized carbons (Fsp3) is 0.667. The molecule has 116 valence electrons. The van der Waals surface area contributed by atoms with Gasteiger partial charge in [0.15, 0.2) is 0 Å². The van der Waals surface area contributed by atoms with Crippen molar-refractivity contribution in [1.29, 1.82) is 0 Å². The van der Waals surface area contributed by atoms with Crippen molar-refractivity contribution >= 4 is 0 Å². The van der Waals surface area contributed by atoms with Gasteiger partial charge in [0, 0.05) is 18.6 Å². The molecule has 0 spiro atoms. The fourth-order valence-electron chi connectivity index (χ4n) is 3.71. The highest BCUT2D eigenvalue weighted by molar-refractivity contribution is 5.16. The Balaban J connectivity index is 1.79. The van der Waals surface area contributed by atoms with E-state index in [1.807, 2.05) is 0 Å². The maximum atomic E-state index is 11.1. The fourth-order valence-corrected chi connectivity index (χ4v) is 3.71. The maximum Gasteiger partial charge on any atom is 0.0727 e. The van der Waals surface area contributed by atoms with Gasteiger partial charge in [-0.2, -0.15) is 0 Å². The standard InChI is InChI=1S/C18H27NO2/c1-17(2,3)18(20)9-15-12-21-13-16(10-18)19(15)11-14-7-5-4-6-8-14/h4-8,15-16,20H,9-13H2,1-3H3. The van der Waals surface area contributed by atoms with E-state index >= 15 is 0 Å². The van der Waals surface area contributed by atoms with Crippen molar-refractivity contribution in [3.8, 4) is 0 Å². The zero-order valence-corrected chi connectivity index (χ0v) is 13.4. The minimum Gasteiger partial charge on any atom is -0.389 e. The number of benzene rings is 1. The third-order valence-corrected chi connectivity index (χ3v) is 5.31. The van der Waals surface area contributed by atoms with Crippen LogP contribution in [0.2, 0.25) is 0 Å². The summed E-state index contributed by atoms with van der Waals surface area (Å²) in [4.78, 5) is 2.54. The molecule has 3 heteroatoms. The Morgan fingerprint density at radius 1 is 1.14 bits per heavy atom. The van der Waals surface area contributed by atoms with Gasteiger partial charge in [0.25, 0.3) is 0 Å². The van der Waals surface area contributed by atoms with E-state index in [0.29, 0.717) is 12.1 Å². The summed E-state index contributed by atoms with van der Waals surface area (Å²) in [6, 6.07) is 11.3. The lowest BCUT2D eigenvalue weighted by molar-refractivity contribution is -0.180. The first kappa shape index (κ1) is 15.0. The lowest BCUT2D eigenvalue weighted by atomic mass is 9.66. The molecule has 1 N–H and O–H groups in total. The van der Waals surface area contributed by atoms with Gasteiger partial charge < -0.3 is 9.84 Å². The van der Waals surface area contributed by atoms with Crippen LogP contribution in [0.3, 0.4) is 0 Å². The number of nitrogens with zero attached hydrogens (tertiary/aromatic N) is 1. The average molecular weight is 289 g/mol. The molecule has 21 heavy (non-hydrogen) atoms. The van der Waals surface area contributed by atoms with E-state index in [1.54, 1.807) is 0 Å². The zero-order chi connectivity index (χ0) is 15.1. The molecule has 0 saturated carbocycles. The zero-order valence-electron chi connectivity index (χ0n) is 13.4. The molecule has 2 bridgehead atoms. The van der Waals surface area contributed by atoms with Crippen LogP contribution < -0.4 is 0 Å². The molecular weight excluding hydrogens is 262 g/mol. The van der Waals surface area contributed by atoms with E-state index in [9.17, 15) is 5.11 Å².